The van der Waals surface area contributed by atoms with Gasteiger partial charge in [-0.3, -0.25) is 0 Å². The molecular weight excluding hydrogens is 488 g/mol. The number of hydrogen-bond donors (Lipinski definition) is 0. The number of nitrogens with zero attached hydrogens (tertiary/aromatic N) is 1. The Labute approximate surface area is 211 Å². The second-order valence-electron chi connectivity index (χ2n) is 10.8. The van der Waals surface area contributed by atoms with E-state index in [0.717, 1.165) is 39.2 Å². The smallest absolute Gasteiger partial charge is 0.201 e. The standard InChI is InChI=1S/C30H26F6N/c1-17-20-8-6-7-9-21(20)24(27(2,3)4)16-22(17)26-15-19(12-13-37(26)5)18-10-11-23-25(14-18)29(33,34)30(35,36)28(23,31)32/h6-16H,1-5H3/q+1. The maximum absolute atomic E-state index is 14.4. The molecule has 1 heterocycles. The van der Waals surface area contributed by atoms with Crippen LogP contribution < -0.4 is 4.57 Å². The Kier molecular flexibility index (Phi) is 5.35. The second-order valence-corrected chi connectivity index (χ2v) is 10.8. The fraction of sp³-hybridized carbons (Fsp3) is 0.300. The van der Waals surface area contributed by atoms with Gasteiger partial charge in [0.2, 0.25) is 5.69 Å². The minimum Gasteiger partial charge on any atom is -0.201 e. The lowest BCUT2D eigenvalue weighted by Crippen LogP contribution is -2.43. The molecule has 0 saturated heterocycles. The highest BCUT2D eigenvalue weighted by atomic mass is 19.3. The predicted octanol–water partition coefficient (Wildman–Crippen LogP) is 8.44. The summed E-state index contributed by atoms with van der Waals surface area (Å²) in [6.45, 7) is 8.39. The Morgan fingerprint density at radius 1 is 0.703 bits per heavy atom. The van der Waals surface area contributed by atoms with Crippen molar-refractivity contribution in [3.63, 3.8) is 0 Å². The maximum Gasteiger partial charge on any atom is 0.380 e. The molecule has 0 spiro atoms. The van der Waals surface area contributed by atoms with E-state index in [0.29, 0.717) is 11.6 Å². The van der Waals surface area contributed by atoms with Gasteiger partial charge in [0.15, 0.2) is 6.20 Å². The number of pyridine rings is 1. The van der Waals surface area contributed by atoms with Gasteiger partial charge in [-0.1, -0.05) is 57.2 Å². The third kappa shape index (κ3) is 3.50. The number of benzene rings is 3. The highest BCUT2D eigenvalue weighted by Crippen LogP contribution is 2.63. The monoisotopic (exact) mass is 514 g/mol. The van der Waals surface area contributed by atoms with Crippen LogP contribution in [-0.4, -0.2) is 5.92 Å². The molecule has 0 unspecified atom stereocenters. The molecule has 1 aliphatic carbocycles. The van der Waals surface area contributed by atoms with E-state index in [1.54, 1.807) is 18.3 Å². The molecule has 5 rings (SSSR count). The van der Waals surface area contributed by atoms with E-state index in [4.69, 9.17) is 0 Å². The lowest BCUT2D eigenvalue weighted by Gasteiger charge is -2.24. The van der Waals surface area contributed by atoms with Gasteiger partial charge in [-0.05, 0) is 57.5 Å². The minimum atomic E-state index is -5.50. The number of rotatable bonds is 2. The number of hydrogen-bond acceptors (Lipinski definition) is 0. The van der Waals surface area contributed by atoms with Crippen molar-refractivity contribution in [2.24, 2.45) is 7.05 Å². The van der Waals surface area contributed by atoms with Crippen LogP contribution in [0.2, 0.25) is 0 Å². The quantitative estimate of drug-likeness (QED) is 0.187. The first kappa shape index (κ1) is 25.3. The predicted molar refractivity (Wildman–Crippen MR) is 132 cm³/mol. The third-order valence-electron chi connectivity index (χ3n) is 7.37. The summed E-state index contributed by atoms with van der Waals surface area (Å²) in [5.41, 5.74) is 1.62. The molecule has 1 aromatic heterocycles. The summed E-state index contributed by atoms with van der Waals surface area (Å²) in [5.74, 6) is -15.4. The second kappa shape index (κ2) is 7.83. The van der Waals surface area contributed by atoms with Crippen LogP contribution in [0.25, 0.3) is 33.2 Å². The minimum absolute atomic E-state index is 0.156. The topological polar surface area (TPSA) is 3.88 Å². The molecule has 7 heteroatoms. The molecule has 0 atom stereocenters. The van der Waals surface area contributed by atoms with Crippen molar-refractivity contribution in [1.82, 2.24) is 0 Å². The zero-order valence-corrected chi connectivity index (χ0v) is 21.1. The molecule has 192 valence electrons. The Hall–Kier alpha value is -3.35. The Morgan fingerprint density at radius 2 is 1.30 bits per heavy atom. The Morgan fingerprint density at radius 3 is 1.95 bits per heavy atom. The summed E-state index contributed by atoms with van der Waals surface area (Å²) in [5, 5.41) is 2.22. The van der Waals surface area contributed by atoms with Crippen molar-refractivity contribution in [3.8, 4) is 22.4 Å². The normalized spacial score (nSPS) is 17.7. The molecule has 3 aromatic carbocycles. The lowest BCUT2D eigenvalue weighted by atomic mass is 9.80. The molecule has 0 radical (unpaired) electrons. The van der Waals surface area contributed by atoms with Crippen molar-refractivity contribution in [1.29, 1.82) is 0 Å². The SMILES string of the molecule is Cc1c(-c2cc(-c3ccc4c(c3)C(F)(F)C(F)(F)C4(F)F)cc[n+]2C)cc(C(C)(C)C)c2ccccc12. The lowest BCUT2D eigenvalue weighted by molar-refractivity contribution is -0.660. The molecule has 0 bridgehead atoms. The number of fused-ring (bicyclic) bond motifs is 2. The zero-order chi connectivity index (χ0) is 27.1. The van der Waals surface area contributed by atoms with Gasteiger partial charge in [-0.15, -0.1) is 0 Å². The van der Waals surface area contributed by atoms with Crippen LogP contribution >= 0.6 is 0 Å². The van der Waals surface area contributed by atoms with Gasteiger partial charge in [-0.25, -0.2) is 4.57 Å². The van der Waals surface area contributed by atoms with Crippen molar-refractivity contribution in [2.75, 3.05) is 0 Å². The van der Waals surface area contributed by atoms with Gasteiger partial charge in [0.05, 0.1) is 0 Å². The largest absolute Gasteiger partial charge is 0.380 e. The summed E-state index contributed by atoms with van der Waals surface area (Å²) in [7, 11) is 1.85. The molecule has 37 heavy (non-hydrogen) atoms. The highest BCUT2D eigenvalue weighted by molar-refractivity contribution is 5.94. The molecule has 0 amide bonds. The van der Waals surface area contributed by atoms with E-state index in [9.17, 15) is 26.3 Å². The van der Waals surface area contributed by atoms with E-state index in [1.165, 1.54) is 6.07 Å². The van der Waals surface area contributed by atoms with Gasteiger partial charge in [0.25, 0.3) is 0 Å². The molecule has 0 saturated carbocycles. The molecule has 0 fully saturated rings. The summed E-state index contributed by atoms with van der Waals surface area (Å²) in [6.07, 6.45) is 1.74. The van der Waals surface area contributed by atoms with Crippen LogP contribution in [0.5, 0.6) is 0 Å². The van der Waals surface area contributed by atoms with Crippen molar-refractivity contribution >= 4 is 10.8 Å². The van der Waals surface area contributed by atoms with E-state index >= 15 is 0 Å². The van der Waals surface area contributed by atoms with Gasteiger partial charge < -0.3 is 0 Å². The van der Waals surface area contributed by atoms with Crippen molar-refractivity contribution in [3.05, 3.63) is 89.1 Å². The number of aromatic nitrogens is 1. The van der Waals surface area contributed by atoms with Gasteiger partial charge >= 0.3 is 17.8 Å². The van der Waals surface area contributed by atoms with Gasteiger partial charge in [0, 0.05) is 28.8 Å². The average molecular weight is 515 g/mol. The number of alkyl halides is 6. The molecule has 0 N–H and O–H groups in total. The first-order valence-corrected chi connectivity index (χ1v) is 11.9. The third-order valence-corrected chi connectivity index (χ3v) is 7.37. The van der Waals surface area contributed by atoms with Crippen LogP contribution in [0, 0.1) is 6.92 Å². The van der Waals surface area contributed by atoms with Crippen LogP contribution in [0.1, 0.15) is 43.0 Å². The Balaban J connectivity index is 1.71. The average Bonchev–Trinajstić information content (AvgIpc) is 2.93. The van der Waals surface area contributed by atoms with E-state index in [2.05, 4.69) is 39.0 Å². The van der Waals surface area contributed by atoms with Crippen molar-refractivity contribution in [2.45, 2.75) is 50.9 Å². The highest BCUT2D eigenvalue weighted by Gasteiger charge is 2.79. The van der Waals surface area contributed by atoms with Crippen LogP contribution in [0.4, 0.5) is 26.3 Å². The summed E-state index contributed by atoms with van der Waals surface area (Å²) in [6, 6.07) is 16.3. The van der Waals surface area contributed by atoms with Crippen LogP contribution in [-0.2, 0) is 24.3 Å². The first-order valence-electron chi connectivity index (χ1n) is 11.9. The number of aryl methyl sites for hydroxylation is 2. The van der Waals surface area contributed by atoms with Gasteiger partial charge in [0.1, 0.15) is 7.05 Å². The molecule has 1 nitrogen and oxygen atoms in total. The summed E-state index contributed by atoms with van der Waals surface area (Å²) < 4.78 is 87.0. The van der Waals surface area contributed by atoms with E-state index < -0.39 is 28.9 Å². The fourth-order valence-corrected chi connectivity index (χ4v) is 5.22. The number of halogens is 6. The Bertz CT molecular complexity index is 1560. The molecule has 1 aliphatic rings. The zero-order valence-electron chi connectivity index (χ0n) is 21.1. The van der Waals surface area contributed by atoms with Crippen LogP contribution in [0.3, 0.4) is 0 Å². The van der Waals surface area contributed by atoms with Crippen LogP contribution in [0.15, 0.2) is 66.9 Å². The van der Waals surface area contributed by atoms with E-state index in [-0.39, 0.29) is 11.0 Å². The molecule has 4 aromatic rings. The summed E-state index contributed by atoms with van der Waals surface area (Å²) in [4.78, 5) is 0. The summed E-state index contributed by atoms with van der Waals surface area (Å²) >= 11 is 0. The first-order chi connectivity index (χ1) is 17.1. The fourth-order valence-electron chi connectivity index (χ4n) is 5.22. The van der Waals surface area contributed by atoms with Crippen molar-refractivity contribution < 1.29 is 30.9 Å². The van der Waals surface area contributed by atoms with E-state index in [1.807, 2.05) is 30.7 Å². The van der Waals surface area contributed by atoms with Gasteiger partial charge in [-0.2, -0.15) is 26.3 Å². The maximum atomic E-state index is 14.4. The molecule has 0 aliphatic heterocycles. The molecular formula is C30H26F6N+.